The van der Waals surface area contributed by atoms with Crippen molar-refractivity contribution in [1.82, 2.24) is 5.32 Å². The molecule has 0 aromatic heterocycles. The summed E-state index contributed by atoms with van der Waals surface area (Å²) < 4.78 is 25.5. The van der Waals surface area contributed by atoms with Gasteiger partial charge >= 0.3 is 0 Å². The summed E-state index contributed by atoms with van der Waals surface area (Å²) >= 11 is 12.0. The second-order valence-corrected chi connectivity index (χ2v) is 9.39. The molecule has 1 amide bonds. The lowest BCUT2D eigenvalue weighted by atomic mass is 9.88. The Morgan fingerprint density at radius 1 is 1.19 bits per heavy atom. The number of sulfonamides is 1. The summed E-state index contributed by atoms with van der Waals surface area (Å²) in [5, 5.41) is 3.56. The summed E-state index contributed by atoms with van der Waals surface area (Å²) in [6.45, 7) is -0.339. The van der Waals surface area contributed by atoms with E-state index >= 15 is 0 Å². The number of hydrogen-bond donors (Lipinski definition) is 1. The molecule has 144 valence electrons. The van der Waals surface area contributed by atoms with Gasteiger partial charge in [0.25, 0.3) is 0 Å². The van der Waals surface area contributed by atoms with Crippen molar-refractivity contribution in [2.24, 2.45) is 0 Å². The first-order valence-electron chi connectivity index (χ1n) is 8.55. The molecular formula is C19H20Cl2N2O3S. The highest BCUT2D eigenvalue weighted by atomic mass is 35.5. The number of carbonyl (C=O) groups excluding carboxylic acids is 1. The number of amides is 1. The van der Waals surface area contributed by atoms with Crippen LogP contribution in [0.2, 0.25) is 10.0 Å². The molecule has 0 saturated carbocycles. The van der Waals surface area contributed by atoms with Crippen molar-refractivity contribution in [3.05, 3.63) is 63.6 Å². The van der Waals surface area contributed by atoms with Crippen molar-refractivity contribution < 1.29 is 13.2 Å². The minimum absolute atomic E-state index is 0.119. The van der Waals surface area contributed by atoms with Gasteiger partial charge in [0.05, 0.1) is 18.0 Å². The van der Waals surface area contributed by atoms with Gasteiger partial charge in [0, 0.05) is 10.0 Å². The molecule has 0 spiro atoms. The highest BCUT2D eigenvalue weighted by molar-refractivity contribution is 7.92. The van der Waals surface area contributed by atoms with Crippen LogP contribution >= 0.6 is 23.2 Å². The Balaban J connectivity index is 1.80. The maximum Gasteiger partial charge on any atom is 0.241 e. The summed E-state index contributed by atoms with van der Waals surface area (Å²) in [5.41, 5.74) is 2.57. The molecule has 27 heavy (non-hydrogen) atoms. The third-order valence-electron chi connectivity index (χ3n) is 4.53. The van der Waals surface area contributed by atoms with Crippen molar-refractivity contribution in [1.29, 1.82) is 0 Å². The molecule has 0 heterocycles. The van der Waals surface area contributed by atoms with E-state index in [4.69, 9.17) is 23.2 Å². The Morgan fingerprint density at radius 3 is 2.52 bits per heavy atom. The van der Waals surface area contributed by atoms with Gasteiger partial charge in [-0.2, -0.15) is 0 Å². The average Bonchev–Trinajstić information content (AvgIpc) is 2.58. The second-order valence-electron chi connectivity index (χ2n) is 6.61. The molecule has 0 saturated heterocycles. The first-order chi connectivity index (χ1) is 12.7. The zero-order valence-electron chi connectivity index (χ0n) is 14.8. The van der Waals surface area contributed by atoms with E-state index in [0.29, 0.717) is 10.0 Å². The number of fused-ring (bicyclic) bond motifs is 1. The monoisotopic (exact) mass is 426 g/mol. The van der Waals surface area contributed by atoms with Gasteiger partial charge in [-0.3, -0.25) is 9.10 Å². The van der Waals surface area contributed by atoms with E-state index in [0.717, 1.165) is 35.4 Å². The Labute approximate surface area is 169 Å². The van der Waals surface area contributed by atoms with Crippen LogP contribution in [0.4, 0.5) is 5.69 Å². The Hall–Kier alpha value is -1.76. The number of aryl methyl sites for hydroxylation is 1. The van der Waals surface area contributed by atoms with Gasteiger partial charge in [0.1, 0.15) is 6.54 Å². The van der Waals surface area contributed by atoms with Crippen LogP contribution in [0.5, 0.6) is 0 Å². The fraction of sp³-hybridized carbons (Fsp3) is 0.316. The molecule has 0 unspecified atom stereocenters. The van der Waals surface area contributed by atoms with Gasteiger partial charge in [-0.1, -0.05) is 47.5 Å². The maximum atomic E-state index is 12.6. The fourth-order valence-corrected chi connectivity index (χ4v) is 4.71. The minimum Gasteiger partial charge on any atom is -0.348 e. The highest BCUT2D eigenvalue weighted by Crippen LogP contribution is 2.30. The average molecular weight is 427 g/mol. The third-order valence-corrected chi connectivity index (χ3v) is 6.10. The summed E-state index contributed by atoms with van der Waals surface area (Å²) in [6.07, 6.45) is 3.83. The summed E-state index contributed by atoms with van der Waals surface area (Å²) in [5.74, 6) is -0.377. The molecule has 8 heteroatoms. The largest absolute Gasteiger partial charge is 0.348 e. The Kier molecular flexibility index (Phi) is 5.99. The topological polar surface area (TPSA) is 66.5 Å². The van der Waals surface area contributed by atoms with Crippen LogP contribution in [0.1, 0.15) is 30.0 Å². The smallest absolute Gasteiger partial charge is 0.241 e. The lowest BCUT2D eigenvalue weighted by Gasteiger charge is -2.28. The molecule has 5 nitrogen and oxygen atoms in total. The van der Waals surface area contributed by atoms with Crippen molar-refractivity contribution in [2.45, 2.75) is 25.3 Å². The third kappa shape index (κ3) is 4.94. The molecule has 0 aliphatic heterocycles. The van der Waals surface area contributed by atoms with Crippen LogP contribution in [0.25, 0.3) is 0 Å². The van der Waals surface area contributed by atoms with Gasteiger partial charge in [-0.15, -0.1) is 0 Å². The van der Waals surface area contributed by atoms with Crippen LogP contribution in [0.15, 0.2) is 42.5 Å². The van der Waals surface area contributed by atoms with Crippen molar-refractivity contribution in [2.75, 3.05) is 17.1 Å². The summed E-state index contributed by atoms with van der Waals surface area (Å²) in [6, 6.07) is 12.3. The van der Waals surface area contributed by atoms with E-state index in [-0.39, 0.29) is 24.2 Å². The molecule has 0 bridgehead atoms. The number of anilines is 1. The van der Waals surface area contributed by atoms with Crippen molar-refractivity contribution in [3.63, 3.8) is 0 Å². The minimum atomic E-state index is -3.69. The first kappa shape index (κ1) is 20.0. The molecule has 0 radical (unpaired) electrons. The summed E-state index contributed by atoms with van der Waals surface area (Å²) in [4.78, 5) is 12.6. The van der Waals surface area contributed by atoms with Crippen LogP contribution in [0.3, 0.4) is 0 Å². The Morgan fingerprint density at radius 2 is 1.85 bits per heavy atom. The number of benzene rings is 2. The number of nitrogens with one attached hydrogen (secondary N) is 1. The lowest BCUT2D eigenvalue weighted by molar-refractivity contribution is -0.120. The number of carbonyl (C=O) groups is 1. The zero-order chi connectivity index (χ0) is 19.6. The first-order valence-corrected chi connectivity index (χ1v) is 11.2. The number of halogens is 2. The molecule has 1 aliphatic carbocycles. The maximum absolute atomic E-state index is 12.6. The van der Waals surface area contributed by atoms with Crippen LogP contribution in [0, 0.1) is 0 Å². The Bertz CT molecular complexity index is 943. The molecular weight excluding hydrogens is 407 g/mol. The van der Waals surface area contributed by atoms with E-state index in [1.807, 2.05) is 18.2 Å². The van der Waals surface area contributed by atoms with E-state index < -0.39 is 10.0 Å². The lowest BCUT2D eigenvalue weighted by Crippen LogP contribution is -2.42. The van der Waals surface area contributed by atoms with Gasteiger partial charge < -0.3 is 5.32 Å². The second kappa shape index (κ2) is 8.09. The SMILES string of the molecule is CS(=O)(=O)N(CC(=O)N[C@H]1CCCc2ccccc21)c1cc(Cl)cc(Cl)c1. The van der Waals surface area contributed by atoms with E-state index in [1.54, 1.807) is 0 Å². The van der Waals surface area contributed by atoms with Crippen molar-refractivity contribution >= 4 is 44.8 Å². The van der Waals surface area contributed by atoms with Gasteiger partial charge in [0.15, 0.2) is 0 Å². The van der Waals surface area contributed by atoms with Crippen molar-refractivity contribution in [3.8, 4) is 0 Å². The molecule has 1 atom stereocenters. The molecule has 2 aromatic rings. The highest BCUT2D eigenvalue weighted by Gasteiger charge is 2.25. The fourth-order valence-electron chi connectivity index (χ4n) is 3.36. The van der Waals surface area contributed by atoms with E-state index in [2.05, 4.69) is 11.4 Å². The van der Waals surface area contributed by atoms with E-state index in [1.165, 1.54) is 23.8 Å². The van der Waals surface area contributed by atoms with Crippen LogP contribution in [-0.4, -0.2) is 27.1 Å². The predicted octanol–water partition coefficient (Wildman–Crippen LogP) is 3.95. The van der Waals surface area contributed by atoms with Crippen LogP contribution < -0.4 is 9.62 Å². The van der Waals surface area contributed by atoms with E-state index in [9.17, 15) is 13.2 Å². The predicted molar refractivity (Wildman–Crippen MR) is 109 cm³/mol. The number of rotatable bonds is 5. The normalized spacial score (nSPS) is 16.5. The summed E-state index contributed by atoms with van der Waals surface area (Å²) in [7, 11) is -3.69. The van der Waals surface area contributed by atoms with Gasteiger partial charge in [0.2, 0.25) is 15.9 Å². The van der Waals surface area contributed by atoms with Crippen LogP contribution in [-0.2, 0) is 21.2 Å². The molecule has 0 fully saturated rings. The standard InChI is InChI=1S/C19H20Cl2N2O3S/c1-27(25,26)23(16-10-14(20)9-15(21)11-16)12-19(24)22-18-8-4-6-13-5-2-3-7-17(13)18/h2-3,5,7,9-11,18H,4,6,8,12H2,1H3,(H,22,24)/t18-/m0/s1. The molecule has 2 aromatic carbocycles. The van der Waals surface area contributed by atoms with Gasteiger partial charge in [-0.25, -0.2) is 8.42 Å². The zero-order valence-corrected chi connectivity index (χ0v) is 17.1. The molecule has 1 N–H and O–H groups in total. The molecule has 3 rings (SSSR count). The number of hydrogen-bond acceptors (Lipinski definition) is 3. The molecule has 1 aliphatic rings. The number of nitrogens with zero attached hydrogens (tertiary/aromatic N) is 1. The quantitative estimate of drug-likeness (QED) is 0.786. The van der Waals surface area contributed by atoms with Gasteiger partial charge in [-0.05, 0) is 48.6 Å².